The van der Waals surface area contributed by atoms with Crippen LogP contribution in [0.3, 0.4) is 0 Å². The summed E-state index contributed by atoms with van der Waals surface area (Å²) in [6.07, 6.45) is 4.06. The van der Waals surface area contributed by atoms with E-state index in [1.165, 1.54) is 24.0 Å². The lowest BCUT2D eigenvalue weighted by atomic mass is 9.90. The third-order valence-corrected chi connectivity index (χ3v) is 6.54. The molecule has 0 spiro atoms. The van der Waals surface area contributed by atoms with Gasteiger partial charge in [-0.15, -0.1) is 0 Å². The van der Waals surface area contributed by atoms with Crippen LogP contribution in [0.2, 0.25) is 0 Å². The Kier molecular flexibility index (Phi) is 4.82. The summed E-state index contributed by atoms with van der Waals surface area (Å²) in [6, 6.07) is 14.4. The lowest BCUT2D eigenvalue weighted by molar-refractivity contribution is -0.130. The Bertz CT molecular complexity index is 890. The van der Waals surface area contributed by atoms with E-state index >= 15 is 0 Å². The van der Waals surface area contributed by atoms with Crippen LogP contribution in [0.15, 0.2) is 42.5 Å². The van der Waals surface area contributed by atoms with Crippen LogP contribution in [0.25, 0.3) is 0 Å². The highest BCUT2D eigenvalue weighted by Crippen LogP contribution is 2.45. The number of fused-ring (bicyclic) bond motifs is 1. The quantitative estimate of drug-likeness (QED) is 0.733. The largest absolute Gasteiger partial charge is 0.497 e. The summed E-state index contributed by atoms with van der Waals surface area (Å²) in [5.74, 6) is 4.10. The van der Waals surface area contributed by atoms with E-state index in [1.807, 2.05) is 23.1 Å². The number of carbonyl (C=O) groups is 1. The zero-order valence-electron chi connectivity index (χ0n) is 16.8. The molecular formula is C24H27NO4. The van der Waals surface area contributed by atoms with Crippen LogP contribution in [0, 0.1) is 5.92 Å². The molecular weight excluding hydrogens is 366 g/mol. The molecule has 152 valence electrons. The van der Waals surface area contributed by atoms with Crippen molar-refractivity contribution in [2.24, 2.45) is 5.92 Å². The lowest BCUT2D eigenvalue weighted by Gasteiger charge is -2.22. The second-order valence-electron chi connectivity index (χ2n) is 8.36. The number of methoxy groups -OCH3 is 1. The smallest absolute Gasteiger partial charge is 0.231 e. The molecule has 1 aliphatic carbocycles. The van der Waals surface area contributed by atoms with Gasteiger partial charge in [0.2, 0.25) is 12.7 Å². The molecule has 3 aliphatic rings. The molecule has 5 heteroatoms. The van der Waals surface area contributed by atoms with Gasteiger partial charge in [0.25, 0.3) is 0 Å². The molecule has 2 unspecified atom stereocenters. The molecule has 0 aromatic heterocycles. The van der Waals surface area contributed by atoms with Gasteiger partial charge in [0.1, 0.15) is 5.75 Å². The molecule has 0 N–H and O–H groups in total. The van der Waals surface area contributed by atoms with Gasteiger partial charge < -0.3 is 19.1 Å². The van der Waals surface area contributed by atoms with Crippen molar-refractivity contribution in [3.8, 4) is 17.2 Å². The fourth-order valence-electron chi connectivity index (χ4n) is 4.65. The molecule has 29 heavy (non-hydrogen) atoms. The van der Waals surface area contributed by atoms with Crippen LogP contribution in [0.4, 0.5) is 0 Å². The summed E-state index contributed by atoms with van der Waals surface area (Å²) in [5.41, 5.74) is 2.49. The monoisotopic (exact) mass is 393 g/mol. The van der Waals surface area contributed by atoms with Gasteiger partial charge in [0, 0.05) is 25.4 Å². The van der Waals surface area contributed by atoms with Crippen molar-refractivity contribution in [1.82, 2.24) is 4.90 Å². The highest BCUT2D eigenvalue weighted by molar-refractivity contribution is 5.77. The molecule has 2 aliphatic heterocycles. The van der Waals surface area contributed by atoms with Gasteiger partial charge in [-0.2, -0.15) is 0 Å². The van der Waals surface area contributed by atoms with Crippen molar-refractivity contribution in [1.29, 1.82) is 0 Å². The Morgan fingerprint density at radius 2 is 1.90 bits per heavy atom. The zero-order chi connectivity index (χ0) is 19.8. The third-order valence-electron chi connectivity index (χ3n) is 6.54. The maximum Gasteiger partial charge on any atom is 0.231 e. The number of carbonyl (C=O) groups excluding carboxylic acids is 1. The molecule has 2 aromatic carbocycles. The molecule has 5 rings (SSSR count). The third kappa shape index (κ3) is 3.78. The van der Waals surface area contributed by atoms with Crippen molar-refractivity contribution in [3.63, 3.8) is 0 Å². The summed E-state index contributed by atoms with van der Waals surface area (Å²) < 4.78 is 16.2. The van der Waals surface area contributed by atoms with Crippen molar-refractivity contribution in [3.05, 3.63) is 53.6 Å². The van der Waals surface area contributed by atoms with Crippen molar-refractivity contribution in [2.45, 2.75) is 37.5 Å². The first kappa shape index (κ1) is 18.3. The number of ether oxygens (including phenoxy) is 3. The molecule has 0 bridgehead atoms. The number of amides is 1. The minimum Gasteiger partial charge on any atom is -0.497 e. The van der Waals surface area contributed by atoms with E-state index in [2.05, 4.69) is 24.3 Å². The van der Waals surface area contributed by atoms with E-state index in [0.29, 0.717) is 31.0 Å². The standard InChI is InChI=1S/C24H27NO4/c1-27-20-7-4-17(5-8-20)21(16-2-3-16)13-24(26)25-11-10-19(14-25)18-6-9-22-23(12-18)29-15-28-22/h4-9,12,16,19,21H,2-3,10-11,13-15H2,1H3. The second kappa shape index (κ2) is 7.62. The van der Waals surface area contributed by atoms with Gasteiger partial charge in [0.15, 0.2) is 11.5 Å². The Morgan fingerprint density at radius 1 is 1.10 bits per heavy atom. The Morgan fingerprint density at radius 3 is 2.66 bits per heavy atom. The van der Waals surface area contributed by atoms with Gasteiger partial charge in [-0.1, -0.05) is 18.2 Å². The highest BCUT2D eigenvalue weighted by Gasteiger charge is 2.36. The van der Waals surface area contributed by atoms with Crippen LogP contribution < -0.4 is 14.2 Å². The van der Waals surface area contributed by atoms with Gasteiger partial charge in [-0.3, -0.25) is 4.79 Å². The molecule has 2 fully saturated rings. The lowest BCUT2D eigenvalue weighted by Crippen LogP contribution is -2.30. The highest BCUT2D eigenvalue weighted by atomic mass is 16.7. The molecule has 2 aromatic rings. The van der Waals surface area contributed by atoms with Crippen molar-refractivity contribution < 1.29 is 19.0 Å². The second-order valence-corrected chi connectivity index (χ2v) is 8.36. The summed E-state index contributed by atoms with van der Waals surface area (Å²) >= 11 is 0. The number of benzene rings is 2. The first-order valence-corrected chi connectivity index (χ1v) is 10.5. The molecule has 1 saturated carbocycles. The summed E-state index contributed by atoms with van der Waals surface area (Å²) in [6.45, 7) is 1.92. The van der Waals surface area contributed by atoms with Crippen LogP contribution >= 0.6 is 0 Å². The number of rotatable bonds is 6. The first-order chi connectivity index (χ1) is 14.2. The van der Waals surface area contributed by atoms with Crippen molar-refractivity contribution >= 4 is 5.91 Å². The fourth-order valence-corrected chi connectivity index (χ4v) is 4.65. The van der Waals surface area contributed by atoms with Crippen LogP contribution in [-0.2, 0) is 4.79 Å². The van der Waals surface area contributed by atoms with Crippen LogP contribution in [0.1, 0.15) is 48.6 Å². The van der Waals surface area contributed by atoms with E-state index in [1.54, 1.807) is 7.11 Å². The van der Waals surface area contributed by atoms with Crippen LogP contribution in [0.5, 0.6) is 17.2 Å². The zero-order valence-corrected chi connectivity index (χ0v) is 16.8. The minimum atomic E-state index is 0.279. The molecule has 1 saturated heterocycles. The maximum absolute atomic E-state index is 13.1. The van der Waals surface area contributed by atoms with Gasteiger partial charge >= 0.3 is 0 Å². The summed E-state index contributed by atoms with van der Waals surface area (Å²) in [7, 11) is 1.68. The predicted molar refractivity (Wildman–Crippen MR) is 110 cm³/mol. The summed E-state index contributed by atoms with van der Waals surface area (Å²) in [5, 5.41) is 0. The average Bonchev–Trinajstić information content (AvgIpc) is 3.27. The van der Waals surface area contributed by atoms with E-state index in [-0.39, 0.29) is 5.91 Å². The fraction of sp³-hybridized carbons (Fsp3) is 0.458. The normalized spacial score (nSPS) is 21.3. The van der Waals surface area contributed by atoms with Gasteiger partial charge in [-0.25, -0.2) is 0 Å². The number of nitrogens with zero attached hydrogens (tertiary/aromatic N) is 1. The summed E-state index contributed by atoms with van der Waals surface area (Å²) in [4.78, 5) is 15.2. The SMILES string of the molecule is COc1ccc(C(CC(=O)N2CCC(c3ccc4c(c3)OCO4)C2)C2CC2)cc1. The first-order valence-electron chi connectivity index (χ1n) is 10.5. The average molecular weight is 393 g/mol. The Labute approximate surface area is 171 Å². The number of hydrogen-bond donors (Lipinski definition) is 0. The topological polar surface area (TPSA) is 48.0 Å². The molecule has 1 amide bonds. The van der Waals surface area contributed by atoms with E-state index in [9.17, 15) is 4.79 Å². The maximum atomic E-state index is 13.1. The van der Waals surface area contributed by atoms with Crippen LogP contribution in [-0.4, -0.2) is 37.8 Å². The van der Waals surface area contributed by atoms with E-state index in [4.69, 9.17) is 14.2 Å². The Hall–Kier alpha value is -2.69. The molecule has 2 atom stereocenters. The molecule has 2 heterocycles. The Balaban J connectivity index is 1.24. The molecule has 0 radical (unpaired) electrons. The predicted octanol–water partition coefficient (Wildman–Crippen LogP) is 4.32. The van der Waals surface area contributed by atoms with Crippen molar-refractivity contribution in [2.75, 3.05) is 27.0 Å². The number of hydrogen-bond acceptors (Lipinski definition) is 4. The van der Waals surface area contributed by atoms with E-state index < -0.39 is 0 Å². The molecule has 5 nitrogen and oxygen atoms in total. The minimum absolute atomic E-state index is 0.279. The van der Waals surface area contributed by atoms with Gasteiger partial charge in [0.05, 0.1) is 7.11 Å². The number of likely N-dealkylation sites (tertiary alicyclic amines) is 1. The van der Waals surface area contributed by atoms with Gasteiger partial charge in [-0.05, 0) is 66.5 Å². The van der Waals surface area contributed by atoms with E-state index in [0.717, 1.165) is 36.8 Å².